The molecule has 21 heavy (non-hydrogen) atoms. The molecule has 2 saturated heterocycles. The molecule has 1 aromatic rings. The third-order valence-electron chi connectivity index (χ3n) is 4.79. The van der Waals surface area contributed by atoms with Crippen LogP contribution in [0, 0.1) is 0 Å². The number of hydrogen-bond donors (Lipinski definition) is 0. The number of ether oxygens (including phenoxy) is 2. The molecule has 0 N–H and O–H groups in total. The van der Waals surface area contributed by atoms with Crippen LogP contribution in [0.5, 0.6) is 0 Å². The van der Waals surface area contributed by atoms with Crippen molar-refractivity contribution in [2.45, 2.75) is 57.6 Å². The molecule has 116 valence electrons. The molecule has 2 fully saturated rings. The van der Waals surface area contributed by atoms with Gasteiger partial charge in [0.15, 0.2) is 6.29 Å². The van der Waals surface area contributed by atoms with Gasteiger partial charge in [0.2, 0.25) is 0 Å². The van der Waals surface area contributed by atoms with Crippen molar-refractivity contribution in [2.75, 3.05) is 19.8 Å². The summed E-state index contributed by atoms with van der Waals surface area (Å²) in [5.74, 6) is 0. The van der Waals surface area contributed by atoms with E-state index in [9.17, 15) is 4.79 Å². The van der Waals surface area contributed by atoms with Gasteiger partial charge in [-0.2, -0.15) is 5.10 Å². The van der Waals surface area contributed by atoms with E-state index in [1.165, 1.54) is 0 Å². The molecular weight excluding hydrogens is 268 g/mol. The molecule has 2 aliphatic rings. The van der Waals surface area contributed by atoms with E-state index in [-0.39, 0.29) is 5.60 Å². The number of hydrogen-bond acceptors (Lipinski definition) is 4. The van der Waals surface area contributed by atoms with Crippen molar-refractivity contribution in [3.05, 3.63) is 17.0 Å². The van der Waals surface area contributed by atoms with Crippen LogP contribution in [0.3, 0.4) is 0 Å². The highest BCUT2D eigenvalue weighted by Crippen LogP contribution is 2.38. The van der Waals surface area contributed by atoms with Gasteiger partial charge in [-0.15, -0.1) is 0 Å². The van der Waals surface area contributed by atoms with Crippen molar-refractivity contribution < 1.29 is 14.3 Å². The SMILES string of the molecule is CCc1nn(C2CCOC3(CCOC3)C2)c(CC)c1C=O. The van der Waals surface area contributed by atoms with Gasteiger partial charge in [0, 0.05) is 31.7 Å². The second kappa shape index (κ2) is 5.89. The van der Waals surface area contributed by atoms with Crippen molar-refractivity contribution in [3.8, 4) is 0 Å². The van der Waals surface area contributed by atoms with Crippen LogP contribution in [0.25, 0.3) is 0 Å². The number of nitrogens with zero attached hydrogens (tertiary/aromatic N) is 2. The Kier molecular flexibility index (Phi) is 4.13. The lowest BCUT2D eigenvalue weighted by molar-refractivity contribution is -0.0965. The zero-order chi connectivity index (χ0) is 14.9. The van der Waals surface area contributed by atoms with Crippen molar-refractivity contribution in [2.24, 2.45) is 0 Å². The van der Waals surface area contributed by atoms with Crippen LogP contribution >= 0.6 is 0 Å². The van der Waals surface area contributed by atoms with Crippen LogP contribution in [0.4, 0.5) is 0 Å². The minimum Gasteiger partial charge on any atom is -0.378 e. The van der Waals surface area contributed by atoms with E-state index in [0.29, 0.717) is 12.6 Å². The van der Waals surface area contributed by atoms with E-state index in [4.69, 9.17) is 14.6 Å². The first kappa shape index (κ1) is 14.7. The molecule has 5 heteroatoms. The van der Waals surface area contributed by atoms with Crippen molar-refractivity contribution in [1.29, 1.82) is 0 Å². The lowest BCUT2D eigenvalue weighted by Crippen LogP contribution is -2.41. The molecule has 0 bridgehead atoms. The standard InChI is InChI=1S/C16H24N2O3/c1-3-14-13(10-19)15(4-2)18(17-14)12-5-7-21-16(9-12)6-8-20-11-16/h10,12H,3-9,11H2,1-2H3. The van der Waals surface area contributed by atoms with E-state index in [1.807, 2.05) is 0 Å². The Morgan fingerprint density at radius 2 is 2.24 bits per heavy atom. The molecule has 1 aromatic heterocycles. The molecule has 0 radical (unpaired) electrons. The summed E-state index contributed by atoms with van der Waals surface area (Å²) < 4.78 is 13.6. The van der Waals surface area contributed by atoms with Gasteiger partial charge >= 0.3 is 0 Å². The third-order valence-corrected chi connectivity index (χ3v) is 4.79. The molecule has 3 heterocycles. The zero-order valence-electron chi connectivity index (χ0n) is 12.9. The second-order valence-electron chi connectivity index (χ2n) is 6.06. The minimum atomic E-state index is -0.131. The predicted molar refractivity (Wildman–Crippen MR) is 78.8 cm³/mol. The van der Waals surface area contributed by atoms with Crippen molar-refractivity contribution in [3.63, 3.8) is 0 Å². The van der Waals surface area contributed by atoms with Crippen LogP contribution in [-0.2, 0) is 22.3 Å². The van der Waals surface area contributed by atoms with E-state index in [0.717, 1.165) is 68.6 Å². The van der Waals surface area contributed by atoms with Crippen LogP contribution in [-0.4, -0.2) is 41.5 Å². The molecule has 0 aromatic carbocycles. The Bertz CT molecular complexity index is 518. The van der Waals surface area contributed by atoms with Gasteiger partial charge in [-0.05, 0) is 19.3 Å². The molecule has 0 saturated carbocycles. The zero-order valence-corrected chi connectivity index (χ0v) is 12.9. The number of carbonyl (C=O) groups excluding carboxylic acids is 1. The topological polar surface area (TPSA) is 53.4 Å². The Labute approximate surface area is 125 Å². The summed E-state index contributed by atoms with van der Waals surface area (Å²) in [5, 5.41) is 4.74. The van der Waals surface area contributed by atoms with Crippen LogP contribution in [0.15, 0.2) is 0 Å². The first-order valence-corrected chi connectivity index (χ1v) is 8.00. The third kappa shape index (κ3) is 2.53. The van der Waals surface area contributed by atoms with Gasteiger partial charge < -0.3 is 9.47 Å². The van der Waals surface area contributed by atoms with Crippen LogP contribution in [0.1, 0.15) is 60.9 Å². The molecule has 1 spiro atoms. The molecule has 2 unspecified atom stereocenters. The number of rotatable bonds is 4. The quantitative estimate of drug-likeness (QED) is 0.799. The van der Waals surface area contributed by atoms with Crippen molar-refractivity contribution in [1.82, 2.24) is 9.78 Å². The largest absolute Gasteiger partial charge is 0.378 e. The Hall–Kier alpha value is -1.20. The summed E-state index contributed by atoms with van der Waals surface area (Å²) in [5.41, 5.74) is 2.66. The fourth-order valence-corrected chi connectivity index (χ4v) is 3.66. The average Bonchev–Trinajstić information content (AvgIpc) is 3.10. The van der Waals surface area contributed by atoms with Gasteiger partial charge in [-0.25, -0.2) is 0 Å². The Morgan fingerprint density at radius 1 is 1.38 bits per heavy atom. The van der Waals surface area contributed by atoms with Gasteiger partial charge in [-0.3, -0.25) is 9.48 Å². The fraction of sp³-hybridized carbons (Fsp3) is 0.750. The lowest BCUT2D eigenvalue weighted by Gasteiger charge is -2.37. The van der Waals surface area contributed by atoms with Crippen LogP contribution in [0.2, 0.25) is 0 Å². The highest BCUT2D eigenvalue weighted by Gasteiger charge is 2.42. The highest BCUT2D eigenvalue weighted by molar-refractivity contribution is 5.78. The highest BCUT2D eigenvalue weighted by atomic mass is 16.6. The number of carbonyl (C=O) groups is 1. The van der Waals surface area contributed by atoms with E-state index in [1.54, 1.807) is 0 Å². The molecular formula is C16H24N2O3. The summed E-state index contributed by atoms with van der Waals surface area (Å²) in [6.07, 6.45) is 5.46. The number of aryl methyl sites for hydroxylation is 1. The molecule has 2 atom stereocenters. The Morgan fingerprint density at radius 3 is 2.86 bits per heavy atom. The molecule has 0 amide bonds. The number of aromatic nitrogens is 2. The predicted octanol–water partition coefficient (Wildman–Crippen LogP) is 2.33. The summed E-state index contributed by atoms with van der Waals surface area (Å²) in [7, 11) is 0. The van der Waals surface area contributed by atoms with Crippen molar-refractivity contribution >= 4 is 6.29 Å². The average molecular weight is 292 g/mol. The first-order chi connectivity index (χ1) is 10.2. The van der Waals surface area contributed by atoms with E-state index in [2.05, 4.69) is 18.5 Å². The normalized spacial score (nSPS) is 29.1. The monoisotopic (exact) mass is 292 g/mol. The number of aldehydes is 1. The summed E-state index contributed by atoms with van der Waals surface area (Å²) in [6, 6.07) is 0.314. The van der Waals surface area contributed by atoms with Gasteiger partial charge in [0.25, 0.3) is 0 Å². The minimum absolute atomic E-state index is 0.131. The fourth-order valence-electron chi connectivity index (χ4n) is 3.66. The summed E-state index contributed by atoms with van der Waals surface area (Å²) >= 11 is 0. The lowest BCUT2D eigenvalue weighted by atomic mass is 9.89. The molecule has 2 aliphatic heterocycles. The van der Waals surface area contributed by atoms with E-state index >= 15 is 0 Å². The van der Waals surface area contributed by atoms with Crippen LogP contribution < -0.4 is 0 Å². The summed E-state index contributed by atoms with van der Waals surface area (Å²) in [6.45, 7) is 6.36. The van der Waals surface area contributed by atoms with Gasteiger partial charge in [0.05, 0.1) is 29.5 Å². The maximum Gasteiger partial charge on any atom is 0.153 e. The molecule has 3 rings (SSSR count). The maximum atomic E-state index is 11.4. The summed E-state index contributed by atoms with van der Waals surface area (Å²) in [4.78, 5) is 11.4. The maximum absolute atomic E-state index is 11.4. The smallest absolute Gasteiger partial charge is 0.153 e. The molecule has 5 nitrogen and oxygen atoms in total. The molecule has 0 aliphatic carbocycles. The first-order valence-electron chi connectivity index (χ1n) is 8.00. The van der Waals surface area contributed by atoms with Gasteiger partial charge in [-0.1, -0.05) is 13.8 Å². The Balaban J connectivity index is 1.92. The van der Waals surface area contributed by atoms with E-state index < -0.39 is 0 Å². The van der Waals surface area contributed by atoms with Gasteiger partial charge in [0.1, 0.15) is 0 Å². The second-order valence-corrected chi connectivity index (χ2v) is 6.06.